The normalized spacial score (nSPS) is 22.4. The molecule has 1 aliphatic rings. The van der Waals surface area contributed by atoms with Gasteiger partial charge in [-0.3, -0.25) is 4.79 Å². The fraction of sp³-hybridized carbons (Fsp3) is 0.500. The predicted molar refractivity (Wildman–Crippen MR) is 80.1 cm³/mol. The third-order valence-corrected chi connectivity index (χ3v) is 4.79. The lowest BCUT2D eigenvalue weighted by Gasteiger charge is -2.14. The van der Waals surface area contributed by atoms with Gasteiger partial charge in [-0.15, -0.1) is 0 Å². The highest BCUT2D eigenvalue weighted by Gasteiger charge is 2.26. The summed E-state index contributed by atoms with van der Waals surface area (Å²) in [6, 6.07) is 4.72. The average Bonchev–Trinajstić information content (AvgIpc) is 2.80. The van der Waals surface area contributed by atoms with Crippen LogP contribution < -0.4 is 5.32 Å². The van der Waals surface area contributed by atoms with Gasteiger partial charge < -0.3 is 10.4 Å². The molecule has 1 amide bonds. The van der Waals surface area contributed by atoms with Crippen molar-refractivity contribution in [3.05, 3.63) is 28.8 Å². The first-order valence-corrected chi connectivity index (χ1v) is 7.93. The van der Waals surface area contributed by atoms with E-state index in [4.69, 9.17) is 11.6 Å². The molecule has 0 heterocycles. The van der Waals surface area contributed by atoms with E-state index in [0.29, 0.717) is 10.3 Å². The van der Waals surface area contributed by atoms with Gasteiger partial charge in [0.05, 0.1) is 5.56 Å². The van der Waals surface area contributed by atoms with Crippen LogP contribution >= 0.6 is 23.4 Å². The Morgan fingerprint density at radius 2 is 2.32 bits per heavy atom. The smallest absolute Gasteiger partial charge is 0.255 e. The summed E-state index contributed by atoms with van der Waals surface area (Å²) in [4.78, 5) is 12.1. The van der Waals surface area contributed by atoms with E-state index in [9.17, 15) is 9.90 Å². The number of aromatic hydroxyl groups is 1. The molecule has 0 radical (unpaired) electrons. The van der Waals surface area contributed by atoms with E-state index < -0.39 is 0 Å². The Bertz CT molecular complexity index is 467. The second kappa shape index (κ2) is 6.53. The molecule has 1 aliphatic carbocycles. The highest BCUT2D eigenvalue weighted by molar-refractivity contribution is 7.99. The van der Waals surface area contributed by atoms with Crippen LogP contribution in [-0.4, -0.2) is 28.1 Å². The maximum absolute atomic E-state index is 12.1. The molecule has 5 heteroatoms. The Morgan fingerprint density at radius 1 is 1.53 bits per heavy atom. The summed E-state index contributed by atoms with van der Waals surface area (Å²) >= 11 is 7.80. The first kappa shape index (κ1) is 14.5. The Morgan fingerprint density at radius 3 is 3.05 bits per heavy atom. The molecule has 1 aromatic carbocycles. The minimum Gasteiger partial charge on any atom is -0.507 e. The minimum absolute atomic E-state index is 0.0284. The van der Waals surface area contributed by atoms with Crippen LogP contribution in [-0.2, 0) is 0 Å². The van der Waals surface area contributed by atoms with Crippen molar-refractivity contribution in [2.24, 2.45) is 0 Å². The Balaban J connectivity index is 1.96. The standard InChI is InChI=1S/C14H18ClNO2S/c1-2-19-11-5-4-10(8-11)16-14(18)12-7-9(15)3-6-13(12)17/h3,6-7,10-11,17H,2,4-5,8H2,1H3,(H,16,18). The van der Waals surface area contributed by atoms with Crippen molar-refractivity contribution in [1.29, 1.82) is 0 Å². The number of benzene rings is 1. The molecule has 0 aliphatic heterocycles. The highest BCUT2D eigenvalue weighted by atomic mass is 35.5. The molecule has 0 spiro atoms. The van der Waals surface area contributed by atoms with Crippen molar-refractivity contribution in [2.45, 2.75) is 37.5 Å². The van der Waals surface area contributed by atoms with Gasteiger partial charge in [-0.1, -0.05) is 18.5 Å². The zero-order valence-corrected chi connectivity index (χ0v) is 12.4. The summed E-state index contributed by atoms with van der Waals surface area (Å²) in [7, 11) is 0. The van der Waals surface area contributed by atoms with Gasteiger partial charge in [0, 0.05) is 16.3 Å². The third kappa shape index (κ3) is 3.80. The van der Waals surface area contributed by atoms with Crippen molar-refractivity contribution in [2.75, 3.05) is 5.75 Å². The van der Waals surface area contributed by atoms with Crippen LogP contribution in [0.25, 0.3) is 0 Å². The van der Waals surface area contributed by atoms with Gasteiger partial charge in [-0.25, -0.2) is 0 Å². The average molecular weight is 300 g/mol. The van der Waals surface area contributed by atoms with Gasteiger partial charge >= 0.3 is 0 Å². The molecule has 2 atom stereocenters. The van der Waals surface area contributed by atoms with Crippen LogP contribution in [0.5, 0.6) is 5.75 Å². The summed E-state index contributed by atoms with van der Waals surface area (Å²) in [5.74, 6) is 0.840. The molecule has 3 nitrogen and oxygen atoms in total. The second-order valence-corrected chi connectivity index (χ2v) is 6.74. The van der Waals surface area contributed by atoms with Gasteiger partial charge in [0.2, 0.25) is 0 Å². The number of carbonyl (C=O) groups excluding carboxylic acids is 1. The summed E-state index contributed by atoms with van der Waals surface area (Å²) in [5, 5.41) is 13.8. The van der Waals surface area contributed by atoms with Gasteiger partial charge in [0.15, 0.2) is 0 Å². The van der Waals surface area contributed by atoms with Crippen molar-refractivity contribution in [1.82, 2.24) is 5.32 Å². The maximum Gasteiger partial charge on any atom is 0.255 e. The Hall–Kier alpha value is -0.870. The van der Waals surface area contributed by atoms with E-state index in [1.807, 2.05) is 11.8 Å². The lowest BCUT2D eigenvalue weighted by atomic mass is 10.1. The largest absolute Gasteiger partial charge is 0.507 e. The van der Waals surface area contributed by atoms with E-state index in [0.717, 1.165) is 25.0 Å². The van der Waals surface area contributed by atoms with Crippen molar-refractivity contribution >= 4 is 29.3 Å². The van der Waals surface area contributed by atoms with Crippen LogP contribution in [0.1, 0.15) is 36.5 Å². The molecule has 1 saturated carbocycles. The number of nitrogens with one attached hydrogen (secondary N) is 1. The molecular weight excluding hydrogens is 282 g/mol. The first-order valence-electron chi connectivity index (χ1n) is 6.51. The molecule has 0 saturated heterocycles. The van der Waals surface area contributed by atoms with Gasteiger partial charge in [0.25, 0.3) is 5.91 Å². The fourth-order valence-electron chi connectivity index (χ4n) is 2.41. The summed E-state index contributed by atoms with van der Waals surface area (Å²) in [5.41, 5.74) is 0.249. The second-order valence-electron chi connectivity index (χ2n) is 4.72. The number of phenols is 1. The van der Waals surface area contributed by atoms with Crippen LogP contribution in [0.4, 0.5) is 0 Å². The van der Waals surface area contributed by atoms with Crippen LogP contribution in [0, 0.1) is 0 Å². The number of amides is 1. The topological polar surface area (TPSA) is 49.3 Å². The quantitative estimate of drug-likeness (QED) is 0.895. The number of carbonyl (C=O) groups is 1. The molecule has 104 valence electrons. The van der Waals surface area contributed by atoms with Gasteiger partial charge in [-0.2, -0.15) is 11.8 Å². The molecule has 19 heavy (non-hydrogen) atoms. The van der Waals surface area contributed by atoms with Crippen molar-refractivity contribution in [3.8, 4) is 5.75 Å². The predicted octanol–water partition coefficient (Wildman–Crippen LogP) is 3.45. The third-order valence-electron chi connectivity index (χ3n) is 3.33. The van der Waals surface area contributed by atoms with Crippen LogP contribution in [0.3, 0.4) is 0 Å². The Labute approximate surface area is 122 Å². The number of thioether (sulfide) groups is 1. The molecule has 2 N–H and O–H groups in total. The zero-order valence-electron chi connectivity index (χ0n) is 10.9. The first-order chi connectivity index (χ1) is 9.10. The highest BCUT2D eigenvalue weighted by Crippen LogP contribution is 2.30. The van der Waals surface area contributed by atoms with E-state index in [1.54, 1.807) is 6.07 Å². The Kier molecular flexibility index (Phi) is 4.99. The number of hydrogen-bond donors (Lipinski definition) is 2. The van der Waals surface area contributed by atoms with E-state index in [2.05, 4.69) is 12.2 Å². The van der Waals surface area contributed by atoms with Crippen molar-refractivity contribution < 1.29 is 9.90 Å². The molecule has 2 unspecified atom stereocenters. The minimum atomic E-state index is -0.243. The summed E-state index contributed by atoms with van der Waals surface area (Å²) in [6.45, 7) is 2.15. The zero-order chi connectivity index (χ0) is 13.8. The summed E-state index contributed by atoms with van der Waals surface area (Å²) in [6.07, 6.45) is 3.15. The lowest BCUT2D eigenvalue weighted by molar-refractivity contribution is 0.0935. The molecule has 1 fully saturated rings. The SMILES string of the molecule is CCSC1CCC(NC(=O)c2cc(Cl)ccc2O)C1. The monoisotopic (exact) mass is 299 g/mol. The molecule has 0 bridgehead atoms. The lowest BCUT2D eigenvalue weighted by Crippen LogP contribution is -2.33. The molecule has 2 rings (SSSR count). The fourth-order valence-corrected chi connectivity index (χ4v) is 3.73. The van der Waals surface area contributed by atoms with Crippen LogP contribution in [0.2, 0.25) is 5.02 Å². The number of hydrogen-bond acceptors (Lipinski definition) is 3. The van der Waals surface area contributed by atoms with Crippen molar-refractivity contribution in [3.63, 3.8) is 0 Å². The molecule has 1 aromatic rings. The number of phenolic OH excluding ortho intramolecular Hbond substituents is 1. The number of halogens is 1. The van der Waals surface area contributed by atoms with E-state index >= 15 is 0 Å². The number of rotatable bonds is 4. The molecular formula is C14H18ClNO2S. The summed E-state index contributed by atoms with van der Waals surface area (Å²) < 4.78 is 0. The van der Waals surface area contributed by atoms with Gasteiger partial charge in [0.1, 0.15) is 5.75 Å². The van der Waals surface area contributed by atoms with Gasteiger partial charge in [-0.05, 0) is 43.2 Å². The van der Waals surface area contributed by atoms with E-state index in [-0.39, 0.29) is 23.3 Å². The molecule has 0 aromatic heterocycles. The maximum atomic E-state index is 12.1. The van der Waals surface area contributed by atoms with Crippen LogP contribution in [0.15, 0.2) is 18.2 Å². The van der Waals surface area contributed by atoms with E-state index in [1.165, 1.54) is 12.1 Å².